The molecule has 0 saturated carbocycles. The van der Waals surface area contributed by atoms with Crippen LogP contribution in [0.15, 0.2) is 53.5 Å². The maximum atomic E-state index is 12.2. The second-order valence-electron chi connectivity index (χ2n) is 8.18. The lowest BCUT2D eigenvalue weighted by atomic mass is 9.90. The van der Waals surface area contributed by atoms with Crippen molar-refractivity contribution in [1.82, 2.24) is 16.0 Å². The van der Waals surface area contributed by atoms with Crippen LogP contribution in [0.5, 0.6) is 5.75 Å². The van der Waals surface area contributed by atoms with E-state index in [-0.39, 0.29) is 41.5 Å². The van der Waals surface area contributed by atoms with Gasteiger partial charge in [-0.25, -0.2) is 0 Å². The summed E-state index contributed by atoms with van der Waals surface area (Å²) in [7, 11) is 1.76. The zero-order valence-electron chi connectivity index (χ0n) is 18.7. The molecule has 0 fully saturated rings. The minimum absolute atomic E-state index is 0. The predicted octanol–water partition coefficient (Wildman–Crippen LogP) is 4.41. The summed E-state index contributed by atoms with van der Waals surface area (Å²) in [6.07, 6.45) is 1.75. The van der Waals surface area contributed by atoms with Crippen molar-refractivity contribution < 1.29 is 9.53 Å². The summed E-state index contributed by atoms with van der Waals surface area (Å²) >= 11 is 0. The molecule has 0 saturated heterocycles. The van der Waals surface area contributed by atoms with Crippen LogP contribution in [0.4, 0.5) is 0 Å². The standard InChI is InChI=1S/C24H32N4O2.HI/c1-5-13-26-22(29)18-10-8-9-17(14-18)16-27-23(25-4)28-20-15-24(2,3)30-21-12-7-6-11-19(20)21;/h6-12,14,20H,5,13,15-16H2,1-4H3,(H,26,29)(H2,25,27,28);1H. The van der Waals surface area contributed by atoms with Crippen molar-refractivity contribution in [2.45, 2.75) is 51.8 Å². The van der Waals surface area contributed by atoms with Gasteiger partial charge in [-0.2, -0.15) is 0 Å². The van der Waals surface area contributed by atoms with E-state index in [1.165, 1.54) is 0 Å². The Labute approximate surface area is 202 Å². The SMILES string of the molecule is CCCNC(=O)c1cccc(CNC(=NC)NC2CC(C)(C)Oc3ccccc32)c1.I. The highest BCUT2D eigenvalue weighted by Crippen LogP contribution is 2.39. The molecule has 2 aromatic carbocycles. The summed E-state index contributed by atoms with van der Waals surface area (Å²) < 4.78 is 6.12. The van der Waals surface area contributed by atoms with E-state index in [9.17, 15) is 4.79 Å². The number of rotatable bonds is 6. The number of amides is 1. The number of nitrogens with zero attached hydrogens (tertiary/aromatic N) is 1. The Bertz CT molecular complexity index is 914. The molecule has 1 atom stereocenters. The first-order chi connectivity index (χ1) is 14.4. The lowest BCUT2D eigenvalue weighted by Gasteiger charge is -2.38. The molecule has 31 heavy (non-hydrogen) atoms. The summed E-state index contributed by atoms with van der Waals surface area (Å²) in [5.41, 5.74) is 2.57. The Morgan fingerprint density at radius 1 is 1.16 bits per heavy atom. The van der Waals surface area contributed by atoms with E-state index < -0.39 is 0 Å². The number of hydrogen-bond donors (Lipinski definition) is 3. The minimum atomic E-state index is -0.259. The van der Waals surface area contributed by atoms with Gasteiger partial charge in [0.1, 0.15) is 11.4 Å². The fourth-order valence-corrected chi connectivity index (χ4v) is 3.64. The van der Waals surface area contributed by atoms with Crippen LogP contribution >= 0.6 is 24.0 Å². The fraction of sp³-hybridized carbons (Fsp3) is 0.417. The van der Waals surface area contributed by atoms with Crippen LogP contribution in [0.2, 0.25) is 0 Å². The average Bonchev–Trinajstić information content (AvgIpc) is 2.74. The van der Waals surface area contributed by atoms with Gasteiger partial charge in [0.25, 0.3) is 5.91 Å². The molecule has 0 aliphatic carbocycles. The number of ether oxygens (including phenoxy) is 1. The monoisotopic (exact) mass is 536 g/mol. The van der Waals surface area contributed by atoms with Crippen molar-refractivity contribution in [3.63, 3.8) is 0 Å². The van der Waals surface area contributed by atoms with Crippen molar-refractivity contribution in [2.75, 3.05) is 13.6 Å². The van der Waals surface area contributed by atoms with Gasteiger partial charge in [0.05, 0.1) is 6.04 Å². The topological polar surface area (TPSA) is 74.8 Å². The highest BCUT2D eigenvalue weighted by Gasteiger charge is 2.33. The number of para-hydroxylation sites is 1. The van der Waals surface area contributed by atoms with Crippen molar-refractivity contribution in [3.05, 3.63) is 65.2 Å². The van der Waals surface area contributed by atoms with E-state index in [0.29, 0.717) is 24.6 Å². The Hall–Kier alpha value is -2.29. The van der Waals surface area contributed by atoms with Crippen LogP contribution < -0.4 is 20.7 Å². The van der Waals surface area contributed by atoms with Gasteiger partial charge in [0, 0.05) is 37.7 Å². The fourth-order valence-electron chi connectivity index (χ4n) is 3.64. The minimum Gasteiger partial charge on any atom is -0.487 e. The zero-order chi connectivity index (χ0) is 21.6. The number of aliphatic imine (C=N–C) groups is 1. The molecule has 0 spiro atoms. The van der Waals surface area contributed by atoms with Crippen LogP contribution in [0.25, 0.3) is 0 Å². The van der Waals surface area contributed by atoms with Crippen LogP contribution in [0.3, 0.4) is 0 Å². The van der Waals surface area contributed by atoms with Crippen LogP contribution in [0, 0.1) is 0 Å². The van der Waals surface area contributed by atoms with E-state index in [2.05, 4.69) is 40.9 Å². The quantitative estimate of drug-likeness (QED) is 0.291. The smallest absolute Gasteiger partial charge is 0.251 e. The second kappa shape index (κ2) is 11.4. The third kappa shape index (κ3) is 6.85. The number of benzene rings is 2. The molecule has 2 aromatic rings. The molecule has 6 nitrogen and oxygen atoms in total. The van der Waals surface area contributed by atoms with Crippen LogP contribution in [0.1, 0.15) is 61.1 Å². The van der Waals surface area contributed by atoms with Gasteiger partial charge >= 0.3 is 0 Å². The first-order valence-corrected chi connectivity index (χ1v) is 10.5. The lowest BCUT2D eigenvalue weighted by molar-refractivity contribution is 0.0694. The third-order valence-corrected chi connectivity index (χ3v) is 5.10. The highest BCUT2D eigenvalue weighted by atomic mass is 127. The number of fused-ring (bicyclic) bond motifs is 1. The highest BCUT2D eigenvalue weighted by molar-refractivity contribution is 14.0. The first-order valence-electron chi connectivity index (χ1n) is 10.5. The molecule has 1 unspecified atom stereocenters. The molecule has 3 N–H and O–H groups in total. The Morgan fingerprint density at radius 2 is 1.94 bits per heavy atom. The molecule has 1 amide bonds. The molecule has 0 aromatic heterocycles. The van der Waals surface area contributed by atoms with Gasteiger partial charge in [-0.3, -0.25) is 9.79 Å². The molecule has 1 aliphatic heterocycles. The summed E-state index contributed by atoms with van der Waals surface area (Å²) in [5.74, 6) is 1.59. The molecule has 3 rings (SSSR count). The lowest BCUT2D eigenvalue weighted by Crippen LogP contribution is -2.45. The van der Waals surface area contributed by atoms with Crippen molar-refractivity contribution >= 4 is 35.8 Å². The van der Waals surface area contributed by atoms with Gasteiger partial charge < -0.3 is 20.7 Å². The number of nitrogens with one attached hydrogen (secondary N) is 3. The number of hydrogen-bond acceptors (Lipinski definition) is 3. The van der Waals surface area contributed by atoms with Crippen molar-refractivity contribution in [1.29, 1.82) is 0 Å². The van der Waals surface area contributed by atoms with Crippen LogP contribution in [-0.2, 0) is 6.54 Å². The Balaban J connectivity index is 0.00000341. The number of carbonyl (C=O) groups is 1. The molecule has 7 heteroatoms. The average molecular weight is 536 g/mol. The largest absolute Gasteiger partial charge is 0.487 e. The molecular weight excluding hydrogens is 503 g/mol. The van der Waals surface area contributed by atoms with E-state index in [4.69, 9.17) is 4.74 Å². The molecule has 1 aliphatic rings. The van der Waals surface area contributed by atoms with E-state index >= 15 is 0 Å². The normalized spacial score (nSPS) is 16.9. The molecule has 168 valence electrons. The summed E-state index contributed by atoms with van der Waals surface area (Å²) in [4.78, 5) is 16.6. The van der Waals surface area contributed by atoms with Gasteiger partial charge in [-0.1, -0.05) is 37.3 Å². The molecule has 0 radical (unpaired) electrons. The maximum absolute atomic E-state index is 12.2. The van der Waals surface area contributed by atoms with Gasteiger partial charge in [-0.05, 0) is 44.0 Å². The number of guanidine groups is 1. The van der Waals surface area contributed by atoms with Crippen molar-refractivity contribution in [3.8, 4) is 5.75 Å². The molecule has 1 heterocycles. The summed E-state index contributed by atoms with van der Waals surface area (Å²) in [6, 6.07) is 15.9. The summed E-state index contributed by atoms with van der Waals surface area (Å²) in [5, 5.41) is 9.82. The Morgan fingerprint density at radius 3 is 2.68 bits per heavy atom. The zero-order valence-corrected chi connectivity index (χ0v) is 21.0. The van der Waals surface area contributed by atoms with Crippen molar-refractivity contribution in [2.24, 2.45) is 4.99 Å². The van der Waals surface area contributed by atoms with E-state index in [0.717, 1.165) is 29.7 Å². The van der Waals surface area contributed by atoms with Gasteiger partial charge in [-0.15, -0.1) is 24.0 Å². The Kier molecular flexibility index (Phi) is 9.15. The third-order valence-electron chi connectivity index (χ3n) is 5.10. The predicted molar refractivity (Wildman–Crippen MR) is 136 cm³/mol. The van der Waals surface area contributed by atoms with E-state index in [1.807, 2.05) is 49.4 Å². The van der Waals surface area contributed by atoms with Gasteiger partial charge in [0.15, 0.2) is 5.96 Å². The maximum Gasteiger partial charge on any atom is 0.251 e. The number of carbonyl (C=O) groups excluding carboxylic acids is 1. The second-order valence-corrected chi connectivity index (χ2v) is 8.18. The first kappa shape index (κ1) is 25.0. The molecular formula is C24H33IN4O2. The van der Waals surface area contributed by atoms with Crippen LogP contribution in [-0.4, -0.2) is 31.1 Å². The van der Waals surface area contributed by atoms with Gasteiger partial charge in [0.2, 0.25) is 0 Å². The summed E-state index contributed by atoms with van der Waals surface area (Å²) in [6.45, 7) is 7.49. The molecule has 0 bridgehead atoms. The number of halogens is 1. The van der Waals surface area contributed by atoms with E-state index in [1.54, 1.807) is 7.05 Å².